The largest absolute Gasteiger partial charge is 0.504 e. The molecule has 3 N–H and O–H groups in total. The summed E-state index contributed by atoms with van der Waals surface area (Å²) in [6, 6.07) is 3.33. The molecule has 0 heterocycles. The van der Waals surface area contributed by atoms with E-state index in [-0.39, 0.29) is 24.5 Å². The molecule has 222 valence electrons. The molecule has 2 aromatic carbocycles. The maximum absolute atomic E-state index is 11.9. The number of rotatable bonds is 13. The monoisotopic (exact) mass is 580 g/mol. The molecule has 0 saturated heterocycles. The van der Waals surface area contributed by atoms with E-state index in [1.165, 1.54) is 7.11 Å². The highest BCUT2D eigenvalue weighted by Crippen LogP contribution is 2.37. The number of carbonyl (C=O) groups excluding carboxylic acids is 4. The van der Waals surface area contributed by atoms with E-state index in [1.807, 2.05) is 13.8 Å². The van der Waals surface area contributed by atoms with Gasteiger partial charge in [-0.1, -0.05) is 26.7 Å². The van der Waals surface area contributed by atoms with Gasteiger partial charge in [0.15, 0.2) is 11.5 Å². The van der Waals surface area contributed by atoms with Gasteiger partial charge >= 0.3 is 23.3 Å². The third kappa shape index (κ3) is 9.45. The Hall–Kier alpha value is -5.28. The molecular formula is C25H28N2O14. The first-order valence-corrected chi connectivity index (χ1v) is 12.0. The van der Waals surface area contributed by atoms with Gasteiger partial charge in [-0.25, -0.2) is 9.59 Å². The molecule has 0 fully saturated rings. The number of hydrogen-bond donors (Lipinski definition) is 3. The number of hydrogen-bond acceptors (Lipinski definition) is 14. The summed E-state index contributed by atoms with van der Waals surface area (Å²) >= 11 is 0. The summed E-state index contributed by atoms with van der Waals surface area (Å²) in [5, 5.41) is 49.6. The molecule has 0 aromatic heterocycles. The minimum absolute atomic E-state index is 0.0627. The van der Waals surface area contributed by atoms with Gasteiger partial charge in [0, 0.05) is 23.3 Å². The molecule has 0 aliphatic heterocycles. The topological polar surface area (TPSA) is 243 Å². The summed E-state index contributed by atoms with van der Waals surface area (Å²) in [4.78, 5) is 66.1. The van der Waals surface area contributed by atoms with Gasteiger partial charge in [0.05, 0.1) is 30.2 Å². The van der Waals surface area contributed by atoms with Crippen molar-refractivity contribution in [3.63, 3.8) is 0 Å². The Bertz CT molecular complexity index is 1320. The highest BCUT2D eigenvalue weighted by molar-refractivity contribution is 6.41. The zero-order valence-corrected chi connectivity index (χ0v) is 22.3. The van der Waals surface area contributed by atoms with Crippen LogP contribution >= 0.6 is 0 Å². The van der Waals surface area contributed by atoms with Crippen molar-refractivity contribution in [3.8, 4) is 23.0 Å². The van der Waals surface area contributed by atoms with E-state index in [1.54, 1.807) is 0 Å². The standard InChI is InChI=1S/C13H15NO7.C12H13NO7/c1-3-4-5-21-13(17)11(15)8-6-9(14(18)19)12(16)10(7-8)20-2;1-2-3-4-20-12(17)10(15)7-5-8(13(18)19)11(16)9(14)6-7/h6-7,16H,3-5H2,1-2H3;5-6,14,16H,2-4H2,1H3. The van der Waals surface area contributed by atoms with Crippen LogP contribution in [0, 0.1) is 20.2 Å². The molecule has 0 bridgehead atoms. The van der Waals surface area contributed by atoms with E-state index in [9.17, 15) is 54.7 Å². The fourth-order valence-electron chi connectivity index (χ4n) is 2.88. The van der Waals surface area contributed by atoms with E-state index in [0.29, 0.717) is 18.9 Å². The summed E-state index contributed by atoms with van der Waals surface area (Å²) in [6.07, 6.45) is 2.75. The Morgan fingerprint density at radius 1 is 0.732 bits per heavy atom. The number of methoxy groups -OCH3 is 1. The van der Waals surface area contributed by atoms with Gasteiger partial charge in [-0.2, -0.15) is 0 Å². The summed E-state index contributed by atoms with van der Waals surface area (Å²) < 4.78 is 14.2. The Morgan fingerprint density at radius 2 is 1.15 bits per heavy atom. The number of aromatic hydroxyl groups is 3. The normalized spacial score (nSPS) is 10.0. The fraction of sp³-hybridized carbons (Fsp3) is 0.360. The van der Waals surface area contributed by atoms with Gasteiger partial charge < -0.3 is 29.5 Å². The Balaban J connectivity index is 0.000000410. The Labute approximate surface area is 232 Å². The lowest BCUT2D eigenvalue weighted by molar-refractivity contribution is -0.386. The van der Waals surface area contributed by atoms with Gasteiger partial charge in [0.25, 0.3) is 11.6 Å². The number of ether oxygens (including phenoxy) is 3. The quantitative estimate of drug-likeness (QED) is 0.0585. The van der Waals surface area contributed by atoms with Gasteiger partial charge in [-0.05, 0) is 25.0 Å². The lowest BCUT2D eigenvalue weighted by atomic mass is 10.1. The van der Waals surface area contributed by atoms with Crippen LogP contribution in [0.25, 0.3) is 0 Å². The van der Waals surface area contributed by atoms with Crippen LogP contribution in [-0.2, 0) is 19.1 Å². The van der Waals surface area contributed by atoms with Crippen LogP contribution in [0.3, 0.4) is 0 Å². The van der Waals surface area contributed by atoms with Crippen molar-refractivity contribution in [1.29, 1.82) is 0 Å². The lowest BCUT2D eigenvalue weighted by Crippen LogP contribution is -2.18. The number of nitrogens with zero attached hydrogens (tertiary/aromatic N) is 2. The SMILES string of the molecule is CCCCOC(=O)C(=O)c1cc(O)c(O)c([N+](=O)[O-])c1.CCCCOC(=O)C(=O)c1cc(OC)c(O)c([N+](=O)[O-])c1. The molecule has 16 heteroatoms. The Kier molecular flexibility index (Phi) is 13.1. The molecule has 2 aromatic rings. The van der Waals surface area contributed by atoms with Crippen LogP contribution in [0.1, 0.15) is 60.2 Å². The van der Waals surface area contributed by atoms with Crippen molar-refractivity contribution in [1.82, 2.24) is 0 Å². The van der Waals surface area contributed by atoms with Crippen LogP contribution in [0.5, 0.6) is 23.0 Å². The number of nitro groups is 2. The van der Waals surface area contributed by atoms with Crippen molar-refractivity contribution < 1.29 is 58.6 Å². The van der Waals surface area contributed by atoms with Crippen LogP contribution in [-0.4, -0.2) is 69.0 Å². The molecule has 0 saturated carbocycles. The van der Waals surface area contributed by atoms with E-state index < -0.39 is 67.5 Å². The molecule has 0 unspecified atom stereocenters. The van der Waals surface area contributed by atoms with Crippen molar-refractivity contribution in [2.24, 2.45) is 0 Å². The van der Waals surface area contributed by atoms with Crippen molar-refractivity contribution in [2.75, 3.05) is 20.3 Å². The summed E-state index contributed by atoms with van der Waals surface area (Å²) in [6.45, 7) is 3.92. The molecule has 0 atom stereocenters. The zero-order valence-electron chi connectivity index (χ0n) is 22.3. The molecular weight excluding hydrogens is 552 g/mol. The average Bonchev–Trinajstić information content (AvgIpc) is 2.93. The highest BCUT2D eigenvalue weighted by atomic mass is 16.6. The second-order valence-corrected chi connectivity index (χ2v) is 8.06. The number of phenolic OH excluding ortho intramolecular Hbond substituents is 3. The summed E-state index contributed by atoms with van der Waals surface area (Å²) in [5.41, 5.74) is -2.29. The van der Waals surface area contributed by atoms with Crippen LogP contribution in [0.15, 0.2) is 24.3 Å². The van der Waals surface area contributed by atoms with Crippen molar-refractivity contribution in [3.05, 3.63) is 55.6 Å². The summed E-state index contributed by atoms with van der Waals surface area (Å²) in [7, 11) is 1.17. The number of phenols is 3. The van der Waals surface area contributed by atoms with Crippen LogP contribution in [0.4, 0.5) is 11.4 Å². The average molecular weight is 580 g/mol. The minimum atomic E-state index is -1.17. The lowest BCUT2D eigenvalue weighted by Gasteiger charge is -2.07. The third-order valence-electron chi connectivity index (χ3n) is 5.10. The molecule has 0 radical (unpaired) electrons. The van der Waals surface area contributed by atoms with E-state index in [4.69, 9.17) is 9.47 Å². The minimum Gasteiger partial charge on any atom is -0.504 e. The smallest absolute Gasteiger partial charge is 0.379 e. The molecule has 0 aliphatic rings. The van der Waals surface area contributed by atoms with Gasteiger partial charge in [0.2, 0.25) is 11.5 Å². The number of ketones is 2. The summed E-state index contributed by atoms with van der Waals surface area (Å²) in [5.74, 6) is -7.24. The van der Waals surface area contributed by atoms with Crippen LogP contribution in [0.2, 0.25) is 0 Å². The van der Waals surface area contributed by atoms with Crippen molar-refractivity contribution in [2.45, 2.75) is 39.5 Å². The number of benzene rings is 2. The zero-order chi connectivity index (χ0) is 31.3. The number of nitro benzene ring substituents is 2. The second kappa shape index (κ2) is 16.0. The van der Waals surface area contributed by atoms with E-state index >= 15 is 0 Å². The molecule has 41 heavy (non-hydrogen) atoms. The highest BCUT2D eigenvalue weighted by Gasteiger charge is 2.27. The van der Waals surface area contributed by atoms with E-state index in [0.717, 1.165) is 31.0 Å². The predicted octanol–water partition coefficient (Wildman–Crippen LogP) is 3.37. The third-order valence-corrected chi connectivity index (χ3v) is 5.10. The maximum atomic E-state index is 11.9. The second-order valence-electron chi connectivity index (χ2n) is 8.06. The van der Waals surface area contributed by atoms with Gasteiger partial charge in [0.1, 0.15) is 0 Å². The maximum Gasteiger partial charge on any atom is 0.379 e. The Morgan fingerprint density at radius 3 is 1.54 bits per heavy atom. The number of esters is 2. The predicted molar refractivity (Wildman–Crippen MR) is 138 cm³/mol. The molecule has 2 rings (SSSR count). The van der Waals surface area contributed by atoms with Gasteiger partial charge in [-0.3, -0.25) is 29.8 Å². The number of unbranched alkanes of at least 4 members (excludes halogenated alkanes) is 2. The molecule has 16 nitrogen and oxygen atoms in total. The van der Waals surface area contributed by atoms with E-state index in [2.05, 4.69) is 4.74 Å². The van der Waals surface area contributed by atoms with Gasteiger partial charge in [-0.15, -0.1) is 0 Å². The number of carbonyl (C=O) groups is 4. The van der Waals surface area contributed by atoms with Crippen LogP contribution < -0.4 is 4.74 Å². The number of Topliss-reactive ketones (excluding diaryl/α,β-unsaturated/α-hetero) is 2. The first kappa shape index (κ1) is 33.7. The molecule has 0 amide bonds. The molecule has 0 spiro atoms. The first-order valence-electron chi connectivity index (χ1n) is 12.0. The fourth-order valence-corrected chi connectivity index (χ4v) is 2.88. The molecule has 0 aliphatic carbocycles. The first-order chi connectivity index (χ1) is 19.3. The van der Waals surface area contributed by atoms with Crippen molar-refractivity contribution >= 4 is 34.9 Å².